The predicted molar refractivity (Wildman–Crippen MR) is 116 cm³/mol. The van der Waals surface area contributed by atoms with Gasteiger partial charge in [0.25, 0.3) is 5.91 Å². The first-order chi connectivity index (χ1) is 15.1. The van der Waals surface area contributed by atoms with Gasteiger partial charge in [-0.2, -0.15) is 0 Å². The van der Waals surface area contributed by atoms with Gasteiger partial charge in [0.15, 0.2) is 0 Å². The van der Waals surface area contributed by atoms with Crippen molar-refractivity contribution < 1.29 is 23.9 Å². The fourth-order valence-electron chi connectivity index (χ4n) is 3.77. The lowest BCUT2D eigenvalue weighted by Gasteiger charge is -2.29. The van der Waals surface area contributed by atoms with Crippen LogP contribution >= 0.6 is 0 Å². The van der Waals surface area contributed by atoms with Gasteiger partial charge in [-0.15, -0.1) is 0 Å². The second-order valence-corrected chi connectivity index (χ2v) is 7.38. The second-order valence-electron chi connectivity index (χ2n) is 7.38. The summed E-state index contributed by atoms with van der Waals surface area (Å²) >= 11 is 0. The van der Waals surface area contributed by atoms with E-state index in [0.29, 0.717) is 11.3 Å². The molecule has 0 unspecified atom stereocenters. The third-order valence-corrected chi connectivity index (χ3v) is 5.37. The summed E-state index contributed by atoms with van der Waals surface area (Å²) in [6, 6.07) is 13.5. The van der Waals surface area contributed by atoms with Crippen LogP contribution in [0.4, 0.5) is 17.1 Å². The van der Waals surface area contributed by atoms with Crippen LogP contribution in [-0.4, -0.2) is 56.7 Å². The normalized spacial score (nSPS) is 18.9. The molecule has 2 aromatic carbocycles. The van der Waals surface area contributed by atoms with E-state index in [4.69, 9.17) is 9.47 Å². The molecule has 2 aromatic rings. The molecule has 8 heteroatoms. The number of nitrogens with one attached hydrogen (secondary N) is 1. The summed E-state index contributed by atoms with van der Waals surface area (Å²) in [5, 5.41) is 3.17. The molecule has 2 aliphatic heterocycles. The van der Waals surface area contributed by atoms with Crippen LogP contribution < -0.4 is 15.1 Å². The smallest absolute Gasteiger partial charge is 0.338 e. The van der Waals surface area contributed by atoms with Gasteiger partial charge in [-0.1, -0.05) is 0 Å². The fourth-order valence-corrected chi connectivity index (χ4v) is 3.77. The van der Waals surface area contributed by atoms with E-state index in [0.717, 1.165) is 42.6 Å². The molecule has 0 spiro atoms. The zero-order valence-corrected chi connectivity index (χ0v) is 17.4. The average molecular weight is 423 g/mol. The monoisotopic (exact) mass is 423 g/mol. The van der Waals surface area contributed by atoms with Crippen molar-refractivity contribution in [2.45, 2.75) is 19.4 Å². The first-order valence-electron chi connectivity index (χ1n) is 10.4. The number of hydrogen-bond donors (Lipinski definition) is 1. The molecular formula is C23H25N3O5. The molecule has 31 heavy (non-hydrogen) atoms. The number of carbonyl (C=O) groups is 3. The van der Waals surface area contributed by atoms with Gasteiger partial charge >= 0.3 is 5.97 Å². The van der Waals surface area contributed by atoms with Crippen LogP contribution in [0, 0.1) is 0 Å². The van der Waals surface area contributed by atoms with Gasteiger partial charge in [0, 0.05) is 24.5 Å². The summed E-state index contributed by atoms with van der Waals surface area (Å²) in [5.74, 6) is -1.03. The summed E-state index contributed by atoms with van der Waals surface area (Å²) in [7, 11) is 0. The van der Waals surface area contributed by atoms with E-state index in [1.54, 1.807) is 31.2 Å². The van der Waals surface area contributed by atoms with Crippen LogP contribution in [-0.2, 0) is 19.1 Å². The van der Waals surface area contributed by atoms with Gasteiger partial charge in [-0.3, -0.25) is 9.59 Å². The van der Waals surface area contributed by atoms with Crippen molar-refractivity contribution in [1.82, 2.24) is 0 Å². The molecule has 0 saturated carbocycles. The number of carbonyl (C=O) groups excluding carboxylic acids is 3. The predicted octanol–water partition coefficient (Wildman–Crippen LogP) is 2.44. The lowest BCUT2D eigenvalue weighted by Crippen LogP contribution is -2.36. The number of esters is 1. The minimum Gasteiger partial charge on any atom is -0.462 e. The molecule has 2 heterocycles. The Morgan fingerprint density at radius 2 is 1.68 bits per heavy atom. The minimum absolute atomic E-state index is 0.0731. The molecule has 0 bridgehead atoms. The van der Waals surface area contributed by atoms with Crippen LogP contribution in [0.2, 0.25) is 0 Å². The van der Waals surface area contributed by atoms with Crippen LogP contribution in [0.5, 0.6) is 0 Å². The van der Waals surface area contributed by atoms with Crippen molar-refractivity contribution in [2.24, 2.45) is 0 Å². The van der Waals surface area contributed by atoms with E-state index in [-0.39, 0.29) is 24.8 Å². The van der Waals surface area contributed by atoms with E-state index < -0.39 is 12.0 Å². The van der Waals surface area contributed by atoms with Crippen molar-refractivity contribution in [2.75, 3.05) is 48.0 Å². The molecule has 1 atom stereocenters. The Kier molecular flexibility index (Phi) is 6.18. The molecule has 8 nitrogen and oxygen atoms in total. The molecule has 0 aliphatic carbocycles. The van der Waals surface area contributed by atoms with Crippen molar-refractivity contribution in [1.29, 1.82) is 0 Å². The SMILES string of the molecule is CCOC(=O)c1ccc(N2C(=O)C[C@@H](Nc3ccc(N4CCOCC4)cc3)C2=O)cc1. The quantitative estimate of drug-likeness (QED) is 0.564. The molecule has 0 radical (unpaired) electrons. The number of imide groups is 1. The van der Waals surface area contributed by atoms with E-state index in [2.05, 4.69) is 10.2 Å². The van der Waals surface area contributed by atoms with Crippen molar-refractivity contribution >= 4 is 34.8 Å². The maximum Gasteiger partial charge on any atom is 0.338 e. The van der Waals surface area contributed by atoms with Crippen LogP contribution in [0.15, 0.2) is 48.5 Å². The van der Waals surface area contributed by atoms with Crippen LogP contribution in [0.25, 0.3) is 0 Å². The van der Waals surface area contributed by atoms with Crippen LogP contribution in [0.1, 0.15) is 23.7 Å². The van der Waals surface area contributed by atoms with E-state index in [1.165, 1.54) is 0 Å². The number of anilines is 3. The Balaban J connectivity index is 1.41. The maximum atomic E-state index is 12.9. The highest BCUT2D eigenvalue weighted by molar-refractivity contribution is 6.23. The largest absolute Gasteiger partial charge is 0.462 e. The number of nitrogens with zero attached hydrogens (tertiary/aromatic N) is 2. The van der Waals surface area contributed by atoms with Gasteiger partial charge in [-0.05, 0) is 55.5 Å². The van der Waals surface area contributed by atoms with Crippen LogP contribution in [0.3, 0.4) is 0 Å². The number of hydrogen-bond acceptors (Lipinski definition) is 7. The third-order valence-electron chi connectivity index (χ3n) is 5.37. The highest BCUT2D eigenvalue weighted by Gasteiger charge is 2.39. The van der Waals surface area contributed by atoms with Crippen molar-refractivity contribution in [3.05, 3.63) is 54.1 Å². The first kappa shape index (κ1) is 20.9. The second kappa shape index (κ2) is 9.18. The molecule has 1 N–H and O–H groups in total. The molecule has 4 rings (SSSR count). The molecule has 2 amide bonds. The molecular weight excluding hydrogens is 398 g/mol. The van der Waals surface area contributed by atoms with E-state index in [9.17, 15) is 14.4 Å². The Hall–Kier alpha value is -3.39. The summed E-state index contributed by atoms with van der Waals surface area (Å²) in [4.78, 5) is 40.6. The summed E-state index contributed by atoms with van der Waals surface area (Å²) in [6.45, 7) is 5.16. The first-order valence-corrected chi connectivity index (χ1v) is 10.4. The highest BCUT2D eigenvalue weighted by atomic mass is 16.5. The Labute approximate surface area is 180 Å². The molecule has 2 aliphatic rings. The maximum absolute atomic E-state index is 12.9. The van der Waals surface area contributed by atoms with E-state index in [1.807, 2.05) is 24.3 Å². The van der Waals surface area contributed by atoms with E-state index >= 15 is 0 Å². The number of morpholine rings is 1. The van der Waals surface area contributed by atoms with Gasteiger partial charge in [0.1, 0.15) is 6.04 Å². The number of amides is 2. The average Bonchev–Trinajstić information content (AvgIpc) is 3.08. The standard InChI is InChI=1S/C23H25N3O5/c1-2-31-23(29)16-3-7-19(8-4-16)26-21(27)15-20(22(26)28)24-17-5-9-18(10-6-17)25-11-13-30-14-12-25/h3-10,20,24H,2,11-15H2,1H3/t20-/m1/s1. The Morgan fingerprint density at radius 1 is 1.03 bits per heavy atom. The topological polar surface area (TPSA) is 88.2 Å². The van der Waals surface area contributed by atoms with Gasteiger partial charge in [-0.25, -0.2) is 9.69 Å². The Bertz CT molecular complexity index is 952. The molecule has 2 saturated heterocycles. The zero-order valence-electron chi connectivity index (χ0n) is 17.4. The number of benzene rings is 2. The van der Waals surface area contributed by atoms with Gasteiger partial charge in [0.05, 0.1) is 37.5 Å². The third kappa shape index (κ3) is 4.54. The fraction of sp³-hybridized carbons (Fsp3) is 0.348. The lowest BCUT2D eigenvalue weighted by atomic mass is 10.2. The lowest BCUT2D eigenvalue weighted by molar-refractivity contribution is -0.121. The molecule has 162 valence electrons. The highest BCUT2D eigenvalue weighted by Crippen LogP contribution is 2.26. The van der Waals surface area contributed by atoms with Gasteiger partial charge < -0.3 is 19.7 Å². The summed E-state index contributed by atoms with van der Waals surface area (Å²) < 4.78 is 10.3. The summed E-state index contributed by atoms with van der Waals surface area (Å²) in [5.41, 5.74) is 2.70. The van der Waals surface area contributed by atoms with Crippen molar-refractivity contribution in [3.8, 4) is 0 Å². The zero-order chi connectivity index (χ0) is 21.8. The number of rotatable bonds is 6. The minimum atomic E-state index is -0.633. The van der Waals surface area contributed by atoms with Gasteiger partial charge in [0.2, 0.25) is 5.91 Å². The van der Waals surface area contributed by atoms with Crippen molar-refractivity contribution in [3.63, 3.8) is 0 Å². The Morgan fingerprint density at radius 3 is 2.32 bits per heavy atom. The molecule has 2 fully saturated rings. The summed E-state index contributed by atoms with van der Waals surface area (Å²) in [6.07, 6.45) is 0.0731. The molecule has 0 aromatic heterocycles. The number of ether oxygens (including phenoxy) is 2.